The summed E-state index contributed by atoms with van der Waals surface area (Å²) in [4.78, 5) is 26.1. The number of rotatable bonds is 18. The van der Waals surface area contributed by atoms with Crippen molar-refractivity contribution in [1.82, 2.24) is 0 Å². The van der Waals surface area contributed by atoms with Crippen LogP contribution in [0.4, 0.5) is 105 Å². The van der Waals surface area contributed by atoms with Crippen molar-refractivity contribution in [3.8, 4) is 0 Å². The monoisotopic (exact) mass is 1290 g/mol. The van der Waals surface area contributed by atoms with E-state index in [1.54, 1.807) is 0 Å². The van der Waals surface area contributed by atoms with Crippen LogP contribution in [0.25, 0.3) is 10.8 Å². The fraction of sp³-hybridized carbons (Fsp3) is 0.328. The molecule has 0 N–H and O–H groups in total. The maximum absolute atomic E-state index is 14.2. The zero-order chi connectivity index (χ0) is 66.5. The van der Waals surface area contributed by atoms with Crippen molar-refractivity contribution in [2.45, 2.75) is 127 Å². The highest BCUT2D eigenvalue weighted by Gasteiger charge is 2.47. The van der Waals surface area contributed by atoms with E-state index in [0.717, 1.165) is 23.6 Å². The first-order valence-electron chi connectivity index (χ1n) is 26.8. The number of pyridine rings is 1. The van der Waals surface area contributed by atoms with Crippen molar-refractivity contribution in [2.24, 2.45) is 0 Å². The Hall–Kier alpha value is -7.55. The van der Waals surface area contributed by atoms with Gasteiger partial charge in [-0.3, -0.25) is 9.59 Å². The topological polar surface area (TPSA) is 38.0 Å². The second-order valence-electron chi connectivity index (χ2n) is 20.9. The smallest absolute Gasteiger partial charge is 0.287 e. The highest BCUT2D eigenvalue weighted by Crippen LogP contribution is 2.42. The normalized spacial score (nSPS) is 13.1. The van der Waals surface area contributed by atoms with Crippen molar-refractivity contribution in [1.29, 1.82) is 0 Å². The van der Waals surface area contributed by atoms with Gasteiger partial charge in [-0.05, 0) is 42.1 Å². The molecule has 0 bridgehead atoms. The lowest BCUT2D eigenvalue weighted by Crippen LogP contribution is -2.75. The first-order valence-corrected chi connectivity index (χ1v) is 26.8. The Morgan fingerprint density at radius 1 is 0.348 bits per heavy atom. The van der Waals surface area contributed by atoms with Crippen LogP contribution in [0.3, 0.4) is 0 Å². The number of aromatic nitrogens is 1. The van der Waals surface area contributed by atoms with Gasteiger partial charge in [0, 0.05) is 18.1 Å². The standard InChI is InChI=1S/C32H12BF24.C29H36NO2/c34-25(35,36)13-1-14(26(37,38)39)6-21(5-13)33(22-7-15(27(40,41)42)2-16(8-22)28(43,44)45,23-9-17(29(46,47)48)3-18(10-23)30(49,50)51)24-11-19(31(52,53)54)4-20(12-24)32(55,56)57;1-2-3-4-5-6-7-8-9-13-20-27(31)29-26-19-15-14-16-24(26)21-22-30(29)23-28(32)25-17-11-10-12-18-25/h1-12H;10-12,14-19,21-22H,2-9,13,20,23H2,1H3/q-1;+1. The molecule has 480 valence electrons. The summed E-state index contributed by atoms with van der Waals surface area (Å²) in [5.41, 5.74) is -28.9. The summed E-state index contributed by atoms with van der Waals surface area (Å²) in [6.07, 6.45) is -41.3. The number of unbranched alkanes of at least 4 members (excludes halogenated alkanes) is 8. The molecule has 0 spiro atoms. The van der Waals surface area contributed by atoms with Gasteiger partial charge in [0.2, 0.25) is 18.1 Å². The van der Waals surface area contributed by atoms with E-state index in [1.807, 2.05) is 71.4 Å². The lowest BCUT2D eigenvalue weighted by Gasteiger charge is -2.46. The van der Waals surface area contributed by atoms with Gasteiger partial charge in [-0.25, -0.2) is 0 Å². The van der Waals surface area contributed by atoms with Crippen molar-refractivity contribution in [3.05, 3.63) is 195 Å². The second kappa shape index (κ2) is 26.9. The molecule has 3 nitrogen and oxygen atoms in total. The first-order chi connectivity index (χ1) is 41.0. The number of halogens is 24. The van der Waals surface area contributed by atoms with Crippen LogP contribution in [0.1, 0.15) is 136 Å². The molecule has 0 unspecified atom stereocenters. The van der Waals surface area contributed by atoms with E-state index in [0.29, 0.717) is 17.7 Å². The minimum Gasteiger partial charge on any atom is -0.287 e. The number of ketones is 2. The maximum Gasteiger partial charge on any atom is 0.416 e. The minimum absolute atomic E-state index is 0.0167. The summed E-state index contributed by atoms with van der Waals surface area (Å²) in [6.45, 7) is 2.42. The number of carbonyl (C=O) groups excluding carboxylic acids is 2. The zero-order valence-corrected chi connectivity index (χ0v) is 46.0. The third-order valence-electron chi connectivity index (χ3n) is 14.6. The summed E-state index contributed by atoms with van der Waals surface area (Å²) in [5, 5.41) is 1.96. The lowest BCUT2D eigenvalue weighted by molar-refractivity contribution is -0.683. The number of hydrogen-bond donors (Lipinski definition) is 0. The number of carbonyl (C=O) groups is 2. The molecular formula is C61H48BF24NO2. The van der Waals surface area contributed by atoms with Crippen LogP contribution >= 0.6 is 0 Å². The van der Waals surface area contributed by atoms with Crippen LogP contribution in [-0.4, -0.2) is 17.7 Å². The first kappa shape index (κ1) is 70.5. The summed E-state index contributed by atoms with van der Waals surface area (Å²) < 4.78 is 343. The number of alkyl halides is 24. The van der Waals surface area contributed by atoms with E-state index < -0.39 is 195 Å². The predicted molar refractivity (Wildman–Crippen MR) is 281 cm³/mol. The van der Waals surface area contributed by atoms with Crippen LogP contribution in [0.2, 0.25) is 0 Å². The van der Waals surface area contributed by atoms with Crippen LogP contribution < -0.4 is 26.4 Å². The van der Waals surface area contributed by atoms with Gasteiger partial charge in [0.05, 0.1) is 49.9 Å². The molecule has 0 fully saturated rings. The van der Waals surface area contributed by atoms with E-state index in [9.17, 15) is 115 Å². The third-order valence-corrected chi connectivity index (χ3v) is 14.6. The van der Waals surface area contributed by atoms with E-state index in [1.165, 1.54) is 44.9 Å². The molecule has 89 heavy (non-hydrogen) atoms. The lowest BCUT2D eigenvalue weighted by atomic mass is 9.12. The number of Topliss-reactive ketones (excluding diaryl/α,β-unsaturated/α-hetero) is 2. The van der Waals surface area contributed by atoms with Crippen molar-refractivity contribution in [3.63, 3.8) is 0 Å². The molecule has 0 aliphatic rings. The molecule has 6 aromatic carbocycles. The highest BCUT2D eigenvalue weighted by atomic mass is 19.4. The molecule has 0 saturated carbocycles. The molecule has 0 atom stereocenters. The van der Waals surface area contributed by atoms with E-state index >= 15 is 0 Å². The number of fused-ring (bicyclic) bond motifs is 1. The fourth-order valence-electron chi connectivity index (χ4n) is 10.4. The van der Waals surface area contributed by atoms with Crippen molar-refractivity contribution >= 4 is 50.3 Å². The SMILES string of the molecule is CCCCCCCCCCCC(=O)c1c2ccccc2cc[n+]1CC(=O)c1ccccc1.FC(F)(F)c1cc([B-](c2cc(C(F)(F)F)cc(C(F)(F)F)c2)(c2cc(C(F)(F)F)cc(C(F)(F)F)c2)c2cc(C(F)(F)F)cc(C(F)(F)F)c2)cc(C(F)(F)F)c1. The van der Waals surface area contributed by atoms with E-state index in [4.69, 9.17) is 0 Å². The number of hydrogen-bond acceptors (Lipinski definition) is 2. The van der Waals surface area contributed by atoms with Gasteiger partial charge < -0.3 is 0 Å². The molecule has 0 saturated heterocycles. The largest absolute Gasteiger partial charge is 0.416 e. The zero-order valence-electron chi connectivity index (χ0n) is 46.0. The quantitative estimate of drug-likeness (QED) is 0.0282. The van der Waals surface area contributed by atoms with E-state index in [-0.39, 0.29) is 18.1 Å². The molecule has 0 aliphatic heterocycles. The molecular weight excluding hydrogens is 1250 g/mol. The van der Waals surface area contributed by atoms with Crippen molar-refractivity contribution in [2.75, 3.05) is 0 Å². The molecule has 0 amide bonds. The molecule has 28 heteroatoms. The molecule has 7 aromatic rings. The van der Waals surface area contributed by atoms with Gasteiger partial charge in [-0.2, -0.15) is 132 Å². The molecule has 1 aromatic heterocycles. The van der Waals surface area contributed by atoms with Crippen LogP contribution in [0.5, 0.6) is 0 Å². The Labute approximate surface area is 491 Å². The van der Waals surface area contributed by atoms with Crippen LogP contribution in [-0.2, 0) is 56.0 Å². The molecule has 0 radical (unpaired) electrons. The second-order valence-corrected chi connectivity index (χ2v) is 20.9. The van der Waals surface area contributed by atoms with E-state index in [2.05, 4.69) is 6.92 Å². The maximum atomic E-state index is 14.2. The summed E-state index contributed by atoms with van der Waals surface area (Å²) in [6, 6.07) is 10.4. The average molecular weight is 1290 g/mol. The third kappa shape index (κ3) is 17.7. The Bertz CT molecular complexity index is 3170. The van der Waals surface area contributed by atoms with Gasteiger partial charge in [0.15, 0.2) is 6.20 Å². The van der Waals surface area contributed by atoms with Gasteiger partial charge in [0.1, 0.15) is 6.15 Å². The summed E-state index contributed by atoms with van der Waals surface area (Å²) in [7, 11) is 0. The molecule has 0 aliphatic carbocycles. The fourth-order valence-corrected chi connectivity index (χ4v) is 10.4. The Kier molecular flexibility index (Phi) is 21.3. The van der Waals surface area contributed by atoms with Crippen LogP contribution in [0.15, 0.2) is 140 Å². The van der Waals surface area contributed by atoms with Gasteiger partial charge >= 0.3 is 49.4 Å². The highest BCUT2D eigenvalue weighted by molar-refractivity contribution is 7.20. The van der Waals surface area contributed by atoms with Crippen molar-refractivity contribution < 1.29 is 120 Å². The summed E-state index contributed by atoms with van der Waals surface area (Å²) >= 11 is 0. The number of nitrogens with zero attached hydrogens (tertiary/aromatic N) is 1. The average Bonchev–Trinajstić information content (AvgIpc) is 0.841. The summed E-state index contributed by atoms with van der Waals surface area (Å²) in [5.74, 6) is 0.147. The van der Waals surface area contributed by atoms with Gasteiger partial charge in [-0.15, -0.1) is 0 Å². The Morgan fingerprint density at radius 2 is 0.640 bits per heavy atom. The van der Waals surface area contributed by atoms with Gasteiger partial charge in [0.25, 0.3) is 5.69 Å². The molecule has 7 rings (SSSR count). The van der Waals surface area contributed by atoms with Gasteiger partial charge in [-0.1, -0.05) is 155 Å². The Morgan fingerprint density at radius 3 is 0.955 bits per heavy atom. The Balaban J connectivity index is 0.000000332. The number of benzene rings is 6. The van der Waals surface area contributed by atoms with Crippen LogP contribution in [0, 0.1) is 0 Å². The minimum atomic E-state index is -6.13. The molecule has 1 heterocycles. The predicted octanol–water partition coefficient (Wildman–Crippen LogP) is 18.3.